The largest absolute Gasteiger partial charge is 0.481 e. The van der Waals surface area contributed by atoms with Gasteiger partial charge in [0.1, 0.15) is 5.69 Å². The fraction of sp³-hybridized carbons (Fsp3) is 0.364. The van der Waals surface area contributed by atoms with Gasteiger partial charge >= 0.3 is 5.97 Å². The van der Waals surface area contributed by atoms with Crippen LogP contribution in [0.2, 0.25) is 5.02 Å². The number of carbonyl (C=O) groups excluding carboxylic acids is 1. The topological polar surface area (TPSA) is 79.3 Å². The second-order valence-corrected chi connectivity index (χ2v) is 4.70. The number of carbonyl (C=O) groups is 2. The highest BCUT2D eigenvalue weighted by molar-refractivity contribution is 6.30. The van der Waals surface area contributed by atoms with Crippen molar-refractivity contribution in [3.05, 3.63) is 29.0 Å². The zero-order chi connectivity index (χ0) is 13.1. The van der Waals surface area contributed by atoms with E-state index < -0.39 is 17.4 Å². The van der Waals surface area contributed by atoms with Gasteiger partial charge in [-0.2, -0.15) is 0 Å². The molecule has 17 heavy (non-hydrogen) atoms. The number of carboxylic acids is 1. The predicted molar refractivity (Wildman–Crippen MR) is 63.0 cm³/mol. The van der Waals surface area contributed by atoms with Crippen LogP contribution in [-0.2, 0) is 4.79 Å². The summed E-state index contributed by atoms with van der Waals surface area (Å²) in [5.74, 6) is -1.42. The molecule has 0 fully saturated rings. The van der Waals surface area contributed by atoms with E-state index in [1.807, 2.05) is 0 Å². The van der Waals surface area contributed by atoms with Gasteiger partial charge in [0, 0.05) is 16.8 Å². The summed E-state index contributed by atoms with van der Waals surface area (Å²) < 4.78 is 0. The lowest BCUT2D eigenvalue weighted by atomic mass is 10.0. The molecule has 0 atom stereocenters. The number of nitrogens with zero attached hydrogens (tertiary/aromatic N) is 1. The van der Waals surface area contributed by atoms with Gasteiger partial charge < -0.3 is 10.4 Å². The number of aromatic nitrogens is 1. The van der Waals surface area contributed by atoms with E-state index in [1.165, 1.54) is 12.3 Å². The number of aliphatic carboxylic acids is 1. The number of halogens is 1. The van der Waals surface area contributed by atoms with Crippen molar-refractivity contribution in [1.82, 2.24) is 10.3 Å². The Balaban J connectivity index is 2.75. The summed E-state index contributed by atoms with van der Waals surface area (Å²) in [7, 11) is 0. The first kappa shape index (κ1) is 13.4. The van der Waals surface area contributed by atoms with Crippen molar-refractivity contribution in [2.24, 2.45) is 0 Å². The van der Waals surface area contributed by atoms with Gasteiger partial charge in [0.05, 0.1) is 6.42 Å². The standard InChI is InChI=1S/C11H13ClN2O3/c1-11(2,6-9(15)16)14-10(17)8-5-7(12)3-4-13-8/h3-5H,6H2,1-2H3,(H,14,17)(H,15,16). The average Bonchev–Trinajstić information content (AvgIpc) is 2.14. The third kappa shape index (κ3) is 4.40. The average molecular weight is 257 g/mol. The predicted octanol–water partition coefficient (Wildman–Crippen LogP) is 1.72. The van der Waals surface area contributed by atoms with Crippen LogP contribution in [-0.4, -0.2) is 27.5 Å². The minimum Gasteiger partial charge on any atom is -0.481 e. The van der Waals surface area contributed by atoms with Gasteiger partial charge in [-0.15, -0.1) is 0 Å². The van der Waals surface area contributed by atoms with E-state index in [0.29, 0.717) is 5.02 Å². The molecule has 1 heterocycles. The maximum Gasteiger partial charge on any atom is 0.305 e. The van der Waals surface area contributed by atoms with Gasteiger partial charge in [0.25, 0.3) is 5.91 Å². The molecule has 0 bridgehead atoms. The van der Waals surface area contributed by atoms with Crippen molar-refractivity contribution in [3.63, 3.8) is 0 Å². The molecule has 0 aliphatic rings. The van der Waals surface area contributed by atoms with Crippen LogP contribution in [0.3, 0.4) is 0 Å². The van der Waals surface area contributed by atoms with Gasteiger partial charge in [-0.3, -0.25) is 14.6 Å². The van der Waals surface area contributed by atoms with Crippen LogP contribution >= 0.6 is 11.6 Å². The molecular weight excluding hydrogens is 244 g/mol. The number of rotatable bonds is 4. The summed E-state index contributed by atoms with van der Waals surface area (Å²) in [4.78, 5) is 26.2. The lowest BCUT2D eigenvalue weighted by Gasteiger charge is -2.23. The molecule has 0 aliphatic carbocycles. The minimum absolute atomic E-state index is 0.163. The number of hydrogen-bond donors (Lipinski definition) is 2. The molecular formula is C11H13ClN2O3. The quantitative estimate of drug-likeness (QED) is 0.860. The third-order valence-corrected chi connectivity index (χ3v) is 2.23. The number of nitrogens with one attached hydrogen (secondary N) is 1. The molecule has 0 saturated heterocycles. The molecule has 1 aromatic heterocycles. The first-order valence-electron chi connectivity index (χ1n) is 4.96. The molecule has 1 rings (SSSR count). The van der Waals surface area contributed by atoms with Gasteiger partial charge in [0.2, 0.25) is 0 Å². The number of hydrogen-bond acceptors (Lipinski definition) is 3. The van der Waals surface area contributed by atoms with Crippen molar-refractivity contribution in [2.45, 2.75) is 25.8 Å². The molecule has 6 heteroatoms. The van der Waals surface area contributed by atoms with Crippen LogP contribution in [0.25, 0.3) is 0 Å². The van der Waals surface area contributed by atoms with E-state index in [0.717, 1.165) is 0 Å². The first-order valence-corrected chi connectivity index (χ1v) is 5.34. The molecule has 1 amide bonds. The second kappa shape index (κ2) is 5.14. The monoisotopic (exact) mass is 256 g/mol. The third-order valence-electron chi connectivity index (χ3n) is 2.00. The lowest BCUT2D eigenvalue weighted by Crippen LogP contribution is -2.45. The number of pyridine rings is 1. The molecule has 0 aliphatic heterocycles. The summed E-state index contributed by atoms with van der Waals surface area (Å²) in [6.07, 6.45) is 1.25. The SMILES string of the molecule is CC(C)(CC(=O)O)NC(=O)c1cc(Cl)ccn1. The Morgan fingerprint density at radius 2 is 2.18 bits per heavy atom. The van der Waals surface area contributed by atoms with Crippen molar-refractivity contribution in [3.8, 4) is 0 Å². The summed E-state index contributed by atoms with van der Waals surface area (Å²) in [6, 6.07) is 2.98. The van der Waals surface area contributed by atoms with Crippen molar-refractivity contribution < 1.29 is 14.7 Å². The maximum atomic E-state index is 11.8. The second-order valence-electron chi connectivity index (χ2n) is 4.27. The number of amides is 1. The Kier molecular flexibility index (Phi) is 4.07. The summed E-state index contributed by atoms with van der Waals surface area (Å²) in [6.45, 7) is 3.26. The summed E-state index contributed by atoms with van der Waals surface area (Å²) in [5.41, 5.74) is -0.677. The Hall–Kier alpha value is -1.62. The van der Waals surface area contributed by atoms with E-state index in [-0.39, 0.29) is 12.1 Å². The van der Waals surface area contributed by atoms with E-state index in [1.54, 1.807) is 19.9 Å². The highest BCUT2D eigenvalue weighted by Gasteiger charge is 2.24. The van der Waals surface area contributed by atoms with Crippen LogP contribution in [0.5, 0.6) is 0 Å². The smallest absolute Gasteiger partial charge is 0.305 e. The maximum absolute atomic E-state index is 11.8. The van der Waals surface area contributed by atoms with E-state index in [2.05, 4.69) is 10.3 Å². The van der Waals surface area contributed by atoms with Gasteiger partial charge in [-0.1, -0.05) is 11.6 Å². The van der Waals surface area contributed by atoms with Crippen LogP contribution in [0.4, 0.5) is 0 Å². The molecule has 0 saturated carbocycles. The first-order chi connectivity index (χ1) is 7.80. The Morgan fingerprint density at radius 3 is 2.71 bits per heavy atom. The zero-order valence-corrected chi connectivity index (χ0v) is 10.3. The van der Waals surface area contributed by atoms with Crippen molar-refractivity contribution in [2.75, 3.05) is 0 Å². The van der Waals surface area contributed by atoms with Gasteiger partial charge in [-0.25, -0.2) is 0 Å². The Labute approximate surface area is 104 Å². The molecule has 0 unspecified atom stereocenters. The van der Waals surface area contributed by atoms with Crippen molar-refractivity contribution >= 4 is 23.5 Å². The molecule has 0 radical (unpaired) electrons. The minimum atomic E-state index is -0.977. The lowest BCUT2D eigenvalue weighted by molar-refractivity contribution is -0.138. The summed E-state index contributed by atoms with van der Waals surface area (Å²) in [5, 5.41) is 11.7. The molecule has 2 N–H and O–H groups in total. The fourth-order valence-electron chi connectivity index (χ4n) is 1.32. The van der Waals surface area contributed by atoms with E-state index >= 15 is 0 Å². The van der Waals surface area contributed by atoms with Crippen LogP contribution in [0.1, 0.15) is 30.8 Å². The molecule has 0 aromatic carbocycles. The molecule has 5 nitrogen and oxygen atoms in total. The Morgan fingerprint density at radius 1 is 1.53 bits per heavy atom. The zero-order valence-electron chi connectivity index (χ0n) is 9.53. The molecule has 1 aromatic rings. The highest BCUT2D eigenvalue weighted by Crippen LogP contribution is 2.12. The van der Waals surface area contributed by atoms with Crippen LogP contribution in [0.15, 0.2) is 18.3 Å². The Bertz CT molecular complexity index is 446. The van der Waals surface area contributed by atoms with E-state index in [4.69, 9.17) is 16.7 Å². The fourth-order valence-corrected chi connectivity index (χ4v) is 1.48. The van der Waals surface area contributed by atoms with E-state index in [9.17, 15) is 9.59 Å². The van der Waals surface area contributed by atoms with Crippen molar-refractivity contribution in [1.29, 1.82) is 0 Å². The van der Waals surface area contributed by atoms with Crippen LogP contribution < -0.4 is 5.32 Å². The van der Waals surface area contributed by atoms with Gasteiger partial charge in [0.15, 0.2) is 0 Å². The molecule has 0 spiro atoms. The summed E-state index contributed by atoms with van der Waals surface area (Å²) >= 11 is 5.73. The number of carboxylic acid groups (broad SMARTS) is 1. The van der Waals surface area contributed by atoms with Gasteiger partial charge in [-0.05, 0) is 26.0 Å². The molecule has 92 valence electrons. The highest BCUT2D eigenvalue weighted by atomic mass is 35.5. The normalized spacial score (nSPS) is 11.0. The van der Waals surface area contributed by atoms with Crippen LogP contribution in [0, 0.1) is 0 Å².